The summed E-state index contributed by atoms with van der Waals surface area (Å²) in [6.07, 6.45) is -5.08. The van der Waals surface area contributed by atoms with E-state index in [1.165, 1.54) is 5.38 Å². The number of carboxylic acids is 1. The van der Waals surface area contributed by atoms with E-state index in [4.69, 9.17) is 5.11 Å². The Morgan fingerprint density at radius 3 is 2.50 bits per heavy atom. The molecule has 6 nitrogen and oxygen atoms in total. The average molecular weight is 311 g/mol. The van der Waals surface area contributed by atoms with E-state index in [2.05, 4.69) is 15.6 Å². The second-order valence-corrected chi connectivity index (χ2v) is 4.67. The zero-order chi connectivity index (χ0) is 15.2. The van der Waals surface area contributed by atoms with Crippen LogP contribution >= 0.6 is 11.3 Å². The number of amides is 2. The van der Waals surface area contributed by atoms with Crippen LogP contribution in [0.4, 0.5) is 18.0 Å². The first kappa shape index (κ1) is 16.2. The summed E-state index contributed by atoms with van der Waals surface area (Å²) in [5.74, 6) is -1.13. The van der Waals surface area contributed by atoms with Crippen LogP contribution in [0.25, 0.3) is 0 Å². The minimum Gasteiger partial charge on any atom is -0.476 e. The molecule has 10 heteroatoms. The monoisotopic (exact) mass is 311 g/mol. The summed E-state index contributed by atoms with van der Waals surface area (Å²) in [6.45, 7) is -0.333. The van der Waals surface area contributed by atoms with Crippen LogP contribution in [0.2, 0.25) is 0 Å². The summed E-state index contributed by atoms with van der Waals surface area (Å²) in [7, 11) is 0. The topological polar surface area (TPSA) is 91.3 Å². The van der Waals surface area contributed by atoms with Crippen molar-refractivity contribution in [3.05, 3.63) is 16.1 Å². The van der Waals surface area contributed by atoms with Crippen LogP contribution in [-0.2, 0) is 6.42 Å². The van der Waals surface area contributed by atoms with Gasteiger partial charge in [0.1, 0.15) is 0 Å². The molecule has 0 atom stereocenters. The van der Waals surface area contributed by atoms with Crippen LogP contribution in [0, 0.1) is 0 Å². The minimum atomic E-state index is -4.30. The summed E-state index contributed by atoms with van der Waals surface area (Å²) in [5, 5.41) is 15.0. The Labute approximate surface area is 116 Å². The van der Waals surface area contributed by atoms with Gasteiger partial charge in [0, 0.05) is 24.9 Å². The maximum atomic E-state index is 11.8. The Hall–Kier alpha value is -1.84. The first-order valence-corrected chi connectivity index (χ1v) is 6.42. The van der Waals surface area contributed by atoms with E-state index in [1.54, 1.807) is 0 Å². The van der Waals surface area contributed by atoms with Crippen molar-refractivity contribution in [3.63, 3.8) is 0 Å². The molecule has 3 N–H and O–H groups in total. The highest BCUT2D eigenvalue weighted by Gasteiger charge is 2.26. The molecule has 1 aromatic heterocycles. The Kier molecular flexibility index (Phi) is 5.74. The van der Waals surface area contributed by atoms with E-state index in [1.807, 2.05) is 0 Å². The van der Waals surface area contributed by atoms with Gasteiger partial charge in [0.25, 0.3) is 0 Å². The summed E-state index contributed by atoms with van der Waals surface area (Å²) in [6, 6.07) is -0.704. The molecular formula is C10H12F3N3O3S. The number of rotatable bonds is 6. The molecule has 1 rings (SSSR count). The van der Waals surface area contributed by atoms with Crippen molar-refractivity contribution in [1.82, 2.24) is 15.6 Å². The standard InChI is InChI=1S/C10H12F3N3O3S/c11-10(12,13)2-4-15-9(19)14-3-1-7-16-6(5-20-7)8(17)18/h5H,1-4H2,(H,17,18)(H2,14,15,19). The van der Waals surface area contributed by atoms with E-state index in [9.17, 15) is 22.8 Å². The summed E-state index contributed by atoms with van der Waals surface area (Å²) in [4.78, 5) is 25.5. The number of thiazole rings is 1. The normalized spacial score (nSPS) is 11.2. The molecule has 0 unspecified atom stereocenters. The second kappa shape index (κ2) is 7.08. The highest BCUT2D eigenvalue weighted by Crippen LogP contribution is 2.18. The number of nitrogens with one attached hydrogen (secondary N) is 2. The van der Waals surface area contributed by atoms with Crippen molar-refractivity contribution in [2.45, 2.75) is 19.0 Å². The van der Waals surface area contributed by atoms with Crippen molar-refractivity contribution >= 4 is 23.3 Å². The number of carboxylic acid groups (broad SMARTS) is 1. The van der Waals surface area contributed by atoms with Gasteiger partial charge in [0.15, 0.2) is 5.69 Å². The van der Waals surface area contributed by atoms with Gasteiger partial charge in [0.2, 0.25) is 0 Å². The molecule has 0 saturated carbocycles. The Bertz CT molecular complexity index is 476. The number of hydrogen-bond acceptors (Lipinski definition) is 4. The average Bonchev–Trinajstić information content (AvgIpc) is 2.76. The second-order valence-electron chi connectivity index (χ2n) is 3.73. The molecule has 0 saturated heterocycles. The quantitative estimate of drug-likeness (QED) is 0.745. The lowest BCUT2D eigenvalue weighted by atomic mass is 10.4. The largest absolute Gasteiger partial charge is 0.476 e. The van der Waals surface area contributed by atoms with E-state index in [0.29, 0.717) is 11.4 Å². The first-order chi connectivity index (χ1) is 9.28. The van der Waals surface area contributed by atoms with Crippen molar-refractivity contribution in [3.8, 4) is 0 Å². The molecule has 0 aliphatic heterocycles. The first-order valence-electron chi connectivity index (χ1n) is 5.54. The van der Waals surface area contributed by atoms with Crippen molar-refractivity contribution in [2.75, 3.05) is 13.1 Å². The molecule has 2 amide bonds. The van der Waals surface area contributed by atoms with Gasteiger partial charge in [-0.2, -0.15) is 13.2 Å². The molecule has 0 aromatic carbocycles. The number of urea groups is 1. The van der Waals surface area contributed by atoms with E-state index >= 15 is 0 Å². The van der Waals surface area contributed by atoms with E-state index in [-0.39, 0.29) is 12.2 Å². The lowest BCUT2D eigenvalue weighted by Gasteiger charge is -2.08. The van der Waals surface area contributed by atoms with Gasteiger partial charge in [-0.15, -0.1) is 11.3 Å². The number of alkyl halides is 3. The van der Waals surface area contributed by atoms with Gasteiger partial charge >= 0.3 is 18.2 Å². The highest BCUT2D eigenvalue weighted by molar-refractivity contribution is 7.09. The molecule has 0 aliphatic carbocycles. The number of hydrogen-bond donors (Lipinski definition) is 3. The van der Waals surface area contributed by atoms with Crippen molar-refractivity contribution < 1.29 is 27.9 Å². The third-order valence-electron chi connectivity index (χ3n) is 2.09. The van der Waals surface area contributed by atoms with Crippen LogP contribution < -0.4 is 10.6 Å². The maximum absolute atomic E-state index is 11.8. The van der Waals surface area contributed by atoms with Gasteiger partial charge in [-0.3, -0.25) is 0 Å². The molecular weight excluding hydrogens is 299 g/mol. The van der Waals surface area contributed by atoms with Crippen molar-refractivity contribution in [2.24, 2.45) is 0 Å². The van der Waals surface area contributed by atoms with Crippen LogP contribution in [0.15, 0.2) is 5.38 Å². The number of aromatic nitrogens is 1. The highest BCUT2D eigenvalue weighted by atomic mass is 32.1. The van der Waals surface area contributed by atoms with Gasteiger partial charge in [-0.05, 0) is 0 Å². The zero-order valence-corrected chi connectivity index (χ0v) is 11.0. The molecule has 0 spiro atoms. The smallest absolute Gasteiger partial charge is 0.390 e. The summed E-state index contributed by atoms with van der Waals surface area (Å²) in [5.41, 5.74) is -0.0698. The van der Waals surface area contributed by atoms with Crippen LogP contribution in [0.1, 0.15) is 21.9 Å². The lowest BCUT2D eigenvalue weighted by molar-refractivity contribution is -0.132. The molecule has 20 heavy (non-hydrogen) atoms. The molecule has 0 aliphatic rings. The van der Waals surface area contributed by atoms with Gasteiger partial charge in [0.05, 0.1) is 11.4 Å². The third kappa shape index (κ3) is 6.36. The van der Waals surface area contributed by atoms with Crippen LogP contribution in [0.5, 0.6) is 0 Å². The molecule has 112 valence electrons. The number of carbonyl (C=O) groups is 2. The maximum Gasteiger partial charge on any atom is 0.390 e. The molecule has 1 heterocycles. The Balaban J connectivity index is 2.19. The molecule has 0 bridgehead atoms. The number of nitrogens with zero attached hydrogens (tertiary/aromatic N) is 1. The fourth-order valence-electron chi connectivity index (χ4n) is 1.19. The number of carbonyl (C=O) groups excluding carboxylic acids is 1. The number of aromatic carboxylic acids is 1. The SMILES string of the molecule is O=C(NCCc1nc(C(=O)O)cs1)NCCC(F)(F)F. The van der Waals surface area contributed by atoms with Gasteiger partial charge in [-0.1, -0.05) is 0 Å². The summed E-state index contributed by atoms with van der Waals surface area (Å²) >= 11 is 1.14. The van der Waals surface area contributed by atoms with Gasteiger partial charge in [-0.25, -0.2) is 14.6 Å². The fraction of sp³-hybridized carbons (Fsp3) is 0.500. The molecule has 0 fully saturated rings. The minimum absolute atomic E-state index is 0.0698. The Morgan fingerprint density at radius 2 is 1.95 bits per heavy atom. The lowest BCUT2D eigenvalue weighted by Crippen LogP contribution is -2.38. The number of halogens is 3. The van der Waals surface area contributed by atoms with Crippen molar-refractivity contribution in [1.29, 1.82) is 0 Å². The predicted molar refractivity (Wildman–Crippen MR) is 64.9 cm³/mol. The third-order valence-corrected chi connectivity index (χ3v) is 3.00. The van der Waals surface area contributed by atoms with Crippen LogP contribution in [-0.4, -0.2) is 41.4 Å². The molecule has 1 aromatic rings. The summed E-state index contributed by atoms with van der Waals surface area (Å²) < 4.78 is 35.5. The molecule has 0 radical (unpaired) electrons. The Morgan fingerprint density at radius 1 is 1.30 bits per heavy atom. The predicted octanol–water partition coefficient (Wildman–Crippen LogP) is 1.64. The fourth-order valence-corrected chi connectivity index (χ4v) is 1.96. The van der Waals surface area contributed by atoms with Gasteiger partial charge < -0.3 is 15.7 Å². The van der Waals surface area contributed by atoms with E-state index in [0.717, 1.165) is 11.3 Å². The van der Waals surface area contributed by atoms with E-state index < -0.39 is 31.1 Å². The van der Waals surface area contributed by atoms with Crippen LogP contribution in [0.3, 0.4) is 0 Å². The zero-order valence-electron chi connectivity index (χ0n) is 10.2.